The third-order valence-electron chi connectivity index (χ3n) is 3.87. The molecule has 1 aliphatic rings. The summed E-state index contributed by atoms with van der Waals surface area (Å²) < 4.78 is 5.53. The Bertz CT molecular complexity index is 393. The van der Waals surface area contributed by atoms with Crippen LogP contribution in [0.25, 0.3) is 0 Å². The van der Waals surface area contributed by atoms with Crippen LogP contribution in [0.4, 0.5) is 0 Å². The van der Waals surface area contributed by atoms with E-state index in [1.165, 1.54) is 5.56 Å². The van der Waals surface area contributed by atoms with E-state index in [4.69, 9.17) is 4.74 Å². The second-order valence-corrected chi connectivity index (χ2v) is 5.69. The number of nitrogens with one attached hydrogen (secondary N) is 1. The molecule has 0 radical (unpaired) electrons. The molecule has 1 aromatic rings. The minimum atomic E-state index is -0.533. The highest BCUT2D eigenvalue weighted by Gasteiger charge is 2.24. The fourth-order valence-corrected chi connectivity index (χ4v) is 2.58. The van der Waals surface area contributed by atoms with Crippen molar-refractivity contribution in [2.75, 3.05) is 19.7 Å². The van der Waals surface area contributed by atoms with Gasteiger partial charge in [-0.1, -0.05) is 24.1 Å². The zero-order chi connectivity index (χ0) is 14.4. The molecule has 3 unspecified atom stereocenters. The maximum Gasteiger partial charge on any atom is 0.119 e. The summed E-state index contributed by atoms with van der Waals surface area (Å²) in [6.45, 7) is 3.57. The molecule has 112 valence electrons. The summed E-state index contributed by atoms with van der Waals surface area (Å²) in [7, 11) is 0. The Kier molecular flexibility index (Phi) is 5.83. The Labute approximate surface area is 120 Å². The van der Waals surface area contributed by atoms with E-state index in [0.717, 1.165) is 31.6 Å². The summed E-state index contributed by atoms with van der Waals surface area (Å²) in [4.78, 5) is 0. The van der Waals surface area contributed by atoms with Crippen molar-refractivity contribution < 1.29 is 14.9 Å². The van der Waals surface area contributed by atoms with E-state index in [1.807, 2.05) is 31.2 Å². The Morgan fingerprint density at radius 3 is 2.70 bits per heavy atom. The number of benzene rings is 1. The number of hydrogen-bond acceptors (Lipinski definition) is 4. The molecule has 1 aliphatic carbocycles. The number of rotatable bonds is 7. The highest BCUT2D eigenvalue weighted by Crippen LogP contribution is 2.24. The van der Waals surface area contributed by atoms with Crippen LogP contribution in [-0.2, 0) is 0 Å². The molecule has 0 saturated heterocycles. The van der Waals surface area contributed by atoms with Crippen LogP contribution in [-0.4, -0.2) is 42.1 Å². The number of aliphatic hydroxyl groups excluding tert-OH is 2. The summed E-state index contributed by atoms with van der Waals surface area (Å²) in [6, 6.07) is 7.79. The molecule has 4 heteroatoms. The van der Waals surface area contributed by atoms with Crippen LogP contribution in [0.3, 0.4) is 0 Å². The molecule has 0 bridgehead atoms. The van der Waals surface area contributed by atoms with Crippen molar-refractivity contribution in [1.82, 2.24) is 5.32 Å². The molecule has 0 amide bonds. The third-order valence-corrected chi connectivity index (χ3v) is 3.87. The second kappa shape index (κ2) is 7.62. The van der Waals surface area contributed by atoms with E-state index in [2.05, 4.69) is 5.32 Å². The first-order chi connectivity index (χ1) is 9.65. The monoisotopic (exact) mass is 279 g/mol. The van der Waals surface area contributed by atoms with Crippen molar-refractivity contribution in [3.63, 3.8) is 0 Å². The van der Waals surface area contributed by atoms with Gasteiger partial charge in [-0.25, -0.2) is 0 Å². The minimum Gasteiger partial charge on any atom is -0.491 e. The topological polar surface area (TPSA) is 61.7 Å². The maximum atomic E-state index is 9.85. The molecule has 0 spiro atoms. The molecule has 4 nitrogen and oxygen atoms in total. The molecule has 1 saturated carbocycles. The second-order valence-electron chi connectivity index (χ2n) is 5.69. The number of ether oxygens (including phenoxy) is 1. The standard InChI is InChI=1S/C16H25NO3/c1-12-5-7-15(8-6-12)20-11-14(18)10-17-9-13-3-2-4-16(13)19/h5-8,13-14,16-19H,2-4,9-11H2,1H3. The van der Waals surface area contributed by atoms with E-state index in [0.29, 0.717) is 12.5 Å². The fourth-order valence-electron chi connectivity index (χ4n) is 2.58. The molecule has 20 heavy (non-hydrogen) atoms. The van der Waals surface area contributed by atoms with Crippen LogP contribution < -0.4 is 10.1 Å². The first kappa shape index (κ1) is 15.3. The van der Waals surface area contributed by atoms with Crippen molar-refractivity contribution in [2.45, 2.75) is 38.4 Å². The maximum absolute atomic E-state index is 9.85. The van der Waals surface area contributed by atoms with Gasteiger partial charge in [-0.3, -0.25) is 0 Å². The van der Waals surface area contributed by atoms with Crippen molar-refractivity contribution in [3.05, 3.63) is 29.8 Å². The molecule has 0 heterocycles. The first-order valence-electron chi connectivity index (χ1n) is 7.41. The normalized spacial score (nSPS) is 23.8. The molecular formula is C16H25NO3. The van der Waals surface area contributed by atoms with Crippen molar-refractivity contribution in [2.24, 2.45) is 5.92 Å². The van der Waals surface area contributed by atoms with Gasteiger partial charge < -0.3 is 20.3 Å². The Hall–Kier alpha value is -1.10. The third kappa shape index (κ3) is 4.78. The van der Waals surface area contributed by atoms with Gasteiger partial charge in [0.25, 0.3) is 0 Å². The molecule has 3 N–H and O–H groups in total. The Balaban J connectivity index is 1.60. The Morgan fingerprint density at radius 2 is 2.05 bits per heavy atom. The Morgan fingerprint density at radius 1 is 1.30 bits per heavy atom. The summed E-state index contributed by atoms with van der Waals surface area (Å²) in [5, 5.41) is 22.8. The largest absolute Gasteiger partial charge is 0.491 e. The minimum absolute atomic E-state index is 0.177. The first-order valence-corrected chi connectivity index (χ1v) is 7.41. The van der Waals surface area contributed by atoms with Gasteiger partial charge in [0.1, 0.15) is 18.5 Å². The molecule has 1 fully saturated rings. The highest BCUT2D eigenvalue weighted by molar-refractivity contribution is 5.26. The smallest absolute Gasteiger partial charge is 0.119 e. The lowest BCUT2D eigenvalue weighted by Gasteiger charge is -2.17. The lowest BCUT2D eigenvalue weighted by Crippen LogP contribution is -2.35. The van der Waals surface area contributed by atoms with Gasteiger partial charge in [-0.05, 0) is 37.8 Å². The zero-order valence-electron chi connectivity index (χ0n) is 12.1. The van der Waals surface area contributed by atoms with E-state index in [-0.39, 0.29) is 12.7 Å². The van der Waals surface area contributed by atoms with Crippen molar-refractivity contribution in [1.29, 1.82) is 0 Å². The van der Waals surface area contributed by atoms with Crippen molar-refractivity contribution in [3.8, 4) is 5.75 Å². The van der Waals surface area contributed by atoms with Gasteiger partial charge in [0.05, 0.1) is 6.10 Å². The van der Waals surface area contributed by atoms with Crippen LogP contribution >= 0.6 is 0 Å². The predicted octanol–water partition coefficient (Wildman–Crippen LogP) is 1.49. The molecule has 1 aromatic carbocycles. The van der Waals surface area contributed by atoms with Crippen molar-refractivity contribution >= 4 is 0 Å². The molecule has 0 aromatic heterocycles. The quantitative estimate of drug-likeness (QED) is 0.707. The van der Waals surface area contributed by atoms with Crippen LogP contribution in [0.2, 0.25) is 0 Å². The number of aryl methyl sites for hydroxylation is 1. The van der Waals surface area contributed by atoms with Crippen LogP contribution in [0, 0.1) is 12.8 Å². The zero-order valence-corrected chi connectivity index (χ0v) is 12.1. The van der Waals surface area contributed by atoms with Gasteiger partial charge in [-0.2, -0.15) is 0 Å². The van der Waals surface area contributed by atoms with Gasteiger partial charge in [-0.15, -0.1) is 0 Å². The molecule has 0 aliphatic heterocycles. The molecular weight excluding hydrogens is 254 g/mol. The van der Waals surface area contributed by atoms with Gasteiger partial charge >= 0.3 is 0 Å². The van der Waals surface area contributed by atoms with Gasteiger partial charge in [0.2, 0.25) is 0 Å². The van der Waals surface area contributed by atoms with Crippen LogP contribution in [0.5, 0.6) is 5.75 Å². The SMILES string of the molecule is Cc1ccc(OCC(O)CNCC2CCCC2O)cc1. The summed E-state index contributed by atoms with van der Waals surface area (Å²) in [6.07, 6.45) is 2.38. The average Bonchev–Trinajstić information content (AvgIpc) is 2.84. The highest BCUT2D eigenvalue weighted by atomic mass is 16.5. The summed E-state index contributed by atoms with van der Waals surface area (Å²) >= 11 is 0. The van der Waals surface area contributed by atoms with Gasteiger partial charge in [0, 0.05) is 13.1 Å². The van der Waals surface area contributed by atoms with Crippen LogP contribution in [0.1, 0.15) is 24.8 Å². The molecule has 3 atom stereocenters. The van der Waals surface area contributed by atoms with E-state index < -0.39 is 6.10 Å². The lowest BCUT2D eigenvalue weighted by atomic mass is 10.1. The van der Waals surface area contributed by atoms with Crippen LogP contribution in [0.15, 0.2) is 24.3 Å². The predicted molar refractivity (Wildman–Crippen MR) is 78.9 cm³/mol. The fraction of sp³-hybridized carbons (Fsp3) is 0.625. The number of hydrogen-bond donors (Lipinski definition) is 3. The summed E-state index contributed by atoms with van der Waals surface area (Å²) in [5.41, 5.74) is 1.19. The lowest BCUT2D eigenvalue weighted by molar-refractivity contribution is 0.0981. The van der Waals surface area contributed by atoms with E-state index in [9.17, 15) is 10.2 Å². The summed E-state index contributed by atoms with van der Waals surface area (Å²) in [5.74, 6) is 1.11. The van der Waals surface area contributed by atoms with Gasteiger partial charge in [0.15, 0.2) is 0 Å². The van der Waals surface area contributed by atoms with E-state index >= 15 is 0 Å². The molecule has 2 rings (SSSR count). The number of aliphatic hydroxyl groups is 2. The van der Waals surface area contributed by atoms with E-state index in [1.54, 1.807) is 0 Å². The average molecular weight is 279 g/mol.